The summed E-state index contributed by atoms with van der Waals surface area (Å²) in [5.41, 5.74) is 7.11. The van der Waals surface area contributed by atoms with E-state index in [0.29, 0.717) is 0 Å². The number of para-hydroxylation sites is 1. The Bertz CT molecular complexity index is 860. The minimum atomic E-state index is 1.09. The molecular weight excluding hydrogens is 302 g/mol. The number of benzene rings is 3. The number of hydrogen-bond acceptors (Lipinski definition) is 1. The van der Waals surface area contributed by atoms with Crippen molar-refractivity contribution < 1.29 is 0 Å². The SMILES string of the molecule is C/C=C(\C(=C(\C)Nc1ccccc1)c1ccccc1)c1ccccc1. The highest BCUT2D eigenvalue weighted by atomic mass is 14.9. The van der Waals surface area contributed by atoms with Crippen LogP contribution in [0.2, 0.25) is 0 Å². The van der Waals surface area contributed by atoms with Gasteiger partial charge in [-0.3, -0.25) is 0 Å². The molecule has 0 saturated heterocycles. The van der Waals surface area contributed by atoms with E-state index >= 15 is 0 Å². The molecule has 1 N–H and O–H groups in total. The maximum Gasteiger partial charge on any atom is 0.0381 e. The summed E-state index contributed by atoms with van der Waals surface area (Å²) >= 11 is 0. The highest BCUT2D eigenvalue weighted by Crippen LogP contribution is 2.34. The number of rotatable bonds is 5. The fraction of sp³-hybridized carbons (Fsp3) is 0.0833. The molecule has 0 radical (unpaired) electrons. The smallest absolute Gasteiger partial charge is 0.0381 e. The molecular formula is C24H23N. The molecule has 25 heavy (non-hydrogen) atoms. The Labute approximate surface area is 150 Å². The lowest BCUT2D eigenvalue weighted by Gasteiger charge is -2.18. The van der Waals surface area contributed by atoms with E-state index in [1.54, 1.807) is 0 Å². The number of allylic oxidation sites excluding steroid dienone is 4. The quantitative estimate of drug-likeness (QED) is 0.519. The molecule has 0 unspecified atom stereocenters. The molecule has 1 nitrogen and oxygen atoms in total. The summed E-state index contributed by atoms with van der Waals surface area (Å²) in [6.07, 6.45) is 2.19. The lowest BCUT2D eigenvalue weighted by atomic mass is 9.90. The summed E-state index contributed by atoms with van der Waals surface area (Å²) in [5.74, 6) is 0. The van der Waals surface area contributed by atoms with Crippen LogP contribution in [0.5, 0.6) is 0 Å². The molecule has 0 atom stereocenters. The summed E-state index contributed by atoms with van der Waals surface area (Å²) < 4.78 is 0. The second-order valence-corrected chi connectivity index (χ2v) is 5.93. The van der Waals surface area contributed by atoms with Crippen LogP contribution in [0.25, 0.3) is 11.1 Å². The van der Waals surface area contributed by atoms with Gasteiger partial charge in [0.2, 0.25) is 0 Å². The van der Waals surface area contributed by atoms with Gasteiger partial charge in [0.15, 0.2) is 0 Å². The van der Waals surface area contributed by atoms with Crippen molar-refractivity contribution in [2.24, 2.45) is 0 Å². The van der Waals surface area contributed by atoms with Gasteiger partial charge < -0.3 is 5.32 Å². The van der Waals surface area contributed by atoms with Gasteiger partial charge in [0.05, 0.1) is 0 Å². The van der Waals surface area contributed by atoms with E-state index in [2.05, 4.69) is 98.0 Å². The Morgan fingerprint density at radius 3 is 1.68 bits per heavy atom. The summed E-state index contributed by atoms with van der Waals surface area (Å²) in [6, 6.07) is 31.4. The molecule has 3 aromatic rings. The van der Waals surface area contributed by atoms with Crippen LogP contribution >= 0.6 is 0 Å². The van der Waals surface area contributed by atoms with Crippen LogP contribution in [0.1, 0.15) is 25.0 Å². The third-order valence-electron chi connectivity index (χ3n) is 4.19. The molecule has 1 heteroatoms. The minimum absolute atomic E-state index is 1.09. The monoisotopic (exact) mass is 325 g/mol. The van der Waals surface area contributed by atoms with Gasteiger partial charge in [-0.25, -0.2) is 0 Å². The molecule has 0 spiro atoms. The fourth-order valence-corrected chi connectivity index (χ4v) is 3.05. The van der Waals surface area contributed by atoms with Crippen LogP contribution in [-0.2, 0) is 0 Å². The van der Waals surface area contributed by atoms with Crippen LogP contribution in [0.4, 0.5) is 5.69 Å². The third kappa shape index (κ3) is 4.07. The summed E-state index contributed by atoms with van der Waals surface area (Å²) in [7, 11) is 0. The summed E-state index contributed by atoms with van der Waals surface area (Å²) in [5, 5.41) is 3.56. The number of nitrogens with one attached hydrogen (secondary N) is 1. The second kappa shape index (κ2) is 8.16. The van der Waals surface area contributed by atoms with Crippen molar-refractivity contribution in [1.29, 1.82) is 0 Å². The van der Waals surface area contributed by atoms with Gasteiger partial charge in [-0.15, -0.1) is 0 Å². The van der Waals surface area contributed by atoms with Crippen molar-refractivity contribution in [3.05, 3.63) is 114 Å². The Kier molecular flexibility index (Phi) is 5.48. The van der Waals surface area contributed by atoms with Gasteiger partial charge in [-0.05, 0) is 42.7 Å². The lowest BCUT2D eigenvalue weighted by Crippen LogP contribution is -2.02. The molecule has 0 bridgehead atoms. The molecule has 0 aromatic heterocycles. The zero-order valence-corrected chi connectivity index (χ0v) is 14.7. The van der Waals surface area contributed by atoms with Crippen LogP contribution in [0, 0.1) is 0 Å². The zero-order chi connectivity index (χ0) is 17.5. The van der Waals surface area contributed by atoms with Crippen molar-refractivity contribution in [2.45, 2.75) is 13.8 Å². The lowest BCUT2D eigenvalue weighted by molar-refractivity contribution is 1.37. The van der Waals surface area contributed by atoms with E-state index in [1.807, 2.05) is 18.2 Å². The predicted octanol–water partition coefficient (Wildman–Crippen LogP) is 6.63. The molecule has 0 fully saturated rings. The highest BCUT2D eigenvalue weighted by Gasteiger charge is 2.13. The first kappa shape index (κ1) is 16.8. The largest absolute Gasteiger partial charge is 0.359 e. The van der Waals surface area contributed by atoms with Crippen molar-refractivity contribution in [1.82, 2.24) is 0 Å². The normalized spacial score (nSPS) is 12.5. The Morgan fingerprint density at radius 1 is 0.680 bits per heavy atom. The molecule has 0 saturated carbocycles. The van der Waals surface area contributed by atoms with Crippen molar-refractivity contribution in [2.75, 3.05) is 5.32 Å². The van der Waals surface area contributed by atoms with Crippen molar-refractivity contribution in [3.8, 4) is 0 Å². The minimum Gasteiger partial charge on any atom is -0.359 e. The molecule has 3 aromatic carbocycles. The first-order valence-corrected chi connectivity index (χ1v) is 8.60. The van der Waals surface area contributed by atoms with Gasteiger partial charge in [0.1, 0.15) is 0 Å². The van der Waals surface area contributed by atoms with Gasteiger partial charge >= 0.3 is 0 Å². The van der Waals surface area contributed by atoms with Crippen molar-refractivity contribution in [3.63, 3.8) is 0 Å². The van der Waals surface area contributed by atoms with Crippen LogP contribution in [0.15, 0.2) is 103 Å². The van der Waals surface area contributed by atoms with Gasteiger partial charge in [0.25, 0.3) is 0 Å². The highest BCUT2D eigenvalue weighted by molar-refractivity contribution is 6.06. The van der Waals surface area contributed by atoms with Crippen molar-refractivity contribution >= 4 is 16.8 Å². The van der Waals surface area contributed by atoms with E-state index in [4.69, 9.17) is 0 Å². The Balaban J connectivity index is 2.11. The zero-order valence-electron chi connectivity index (χ0n) is 14.7. The van der Waals surface area contributed by atoms with E-state index in [1.165, 1.54) is 22.3 Å². The van der Waals surface area contributed by atoms with E-state index < -0.39 is 0 Å². The fourth-order valence-electron chi connectivity index (χ4n) is 3.05. The van der Waals surface area contributed by atoms with Gasteiger partial charge in [0, 0.05) is 17.0 Å². The molecule has 3 rings (SSSR count). The molecule has 0 aliphatic carbocycles. The van der Waals surface area contributed by atoms with Crippen LogP contribution in [0.3, 0.4) is 0 Å². The van der Waals surface area contributed by atoms with Crippen LogP contribution < -0.4 is 5.32 Å². The van der Waals surface area contributed by atoms with E-state index in [9.17, 15) is 0 Å². The predicted molar refractivity (Wildman–Crippen MR) is 109 cm³/mol. The maximum atomic E-state index is 3.56. The van der Waals surface area contributed by atoms with Gasteiger partial charge in [-0.1, -0.05) is 84.9 Å². The Morgan fingerprint density at radius 2 is 1.16 bits per heavy atom. The number of hydrogen-bond donors (Lipinski definition) is 1. The summed E-state index contributed by atoms with van der Waals surface area (Å²) in [6.45, 7) is 4.24. The van der Waals surface area contributed by atoms with Gasteiger partial charge in [-0.2, -0.15) is 0 Å². The standard InChI is InChI=1S/C24H23N/c1-3-23(20-13-7-4-8-14-20)24(21-15-9-5-10-16-21)19(2)25-22-17-11-6-12-18-22/h3-18,25H,1-2H3/b23-3-,24-19-. The molecule has 0 heterocycles. The topological polar surface area (TPSA) is 12.0 Å². The average Bonchev–Trinajstić information content (AvgIpc) is 2.68. The molecule has 0 aliphatic heterocycles. The summed E-state index contributed by atoms with van der Waals surface area (Å²) in [4.78, 5) is 0. The Hall–Kier alpha value is -3.06. The number of anilines is 1. The first-order valence-electron chi connectivity index (χ1n) is 8.60. The molecule has 0 aliphatic rings. The van der Waals surface area contributed by atoms with E-state index in [0.717, 1.165) is 11.4 Å². The van der Waals surface area contributed by atoms with E-state index in [-0.39, 0.29) is 0 Å². The third-order valence-corrected chi connectivity index (χ3v) is 4.19. The van der Waals surface area contributed by atoms with Crippen LogP contribution in [-0.4, -0.2) is 0 Å². The molecule has 124 valence electrons. The molecule has 0 amide bonds. The maximum absolute atomic E-state index is 3.56. The average molecular weight is 325 g/mol. The second-order valence-electron chi connectivity index (χ2n) is 5.93. The first-order chi connectivity index (χ1) is 12.3.